The lowest BCUT2D eigenvalue weighted by atomic mass is 10.1. The second kappa shape index (κ2) is 3.89. The third-order valence-corrected chi connectivity index (χ3v) is 2.23. The van der Waals surface area contributed by atoms with E-state index in [0.29, 0.717) is 0 Å². The molecule has 0 aliphatic heterocycles. The molecule has 0 saturated heterocycles. The van der Waals surface area contributed by atoms with E-state index >= 15 is 0 Å². The first-order chi connectivity index (χ1) is 6.02. The van der Waals surface area contributed by atoms with Crippen molar-refractivity contribution in [3.05, 3.63) is 33.5 Å². The third kappa shape index (κ3) is 2.29. The number of hydrogen-bond donors (Lipinski definition) is 0. The predicted octanol–water partition coefficient (Wildman–Crippen LogP) is 1.85. The van der Waals surface area contributed by atoms with Crippen LogP contribution in [0.25, 0.3) is 0 Å². The van der Waals surface area contributed by atoms with E-state index in [9.17, 15) is 14.9 Å². The van der Waals surface area contributed by atoms with Crippen molar-refractivity contribution in [1.29, 1.82) is 0 Å². The van der Waals surface area contributed by atoms with Gasteiger partial charge in [0.2, 0.25) is 0 Å². The highest BCUT2D eigenvalue weighted by Gasteiger charge is 2.26. The Morgan fingerprint density at radius 1 is 1.69 bits per heavy atom. The Morgan fingerprint density at radius 2 is 2.31 bits per heavy atom. The van der Waals surface area contributed by atoms with Crippen LogP contribution in [-0.2, 0) is 4.79 Å². The highest BCUT2D eigenvalue weighted by atomic mass is 35.5. The molecular formula is C7H5Cl2NO3. The van der Waals surface area contributed by atoms with Crippen molar-refractivity contribution < 1.29 is 9.72 Å². The van der Waals surface area contributed by atoms with Gasteiger partial charge in [-0.3, -0.25) is 14.9 Å². The van der Waals surface area contributed by atoms with E-state index in [1.807, 2.05) is 0 Å². The summed E-state index contributed by atoms with van der Waals surface area (Å²) in [7, 11) is 0. The lowest BCUT2D eigenvalue weighted by Crippen LogP contribution is -2.15. The van der Waals surface area contributed by atoms with Crippen LogP contribution in [0.1, 0.15) is 6.42 Å². The number of alkyl halides is 1. The lowest BCUT2D eigenvalue weighted by molar-refractivity contribution is -0.427. The normalized spacial score (nSPS) is 21.8. The predicted molar refractivity (Wildman–Crippen MR) is 48.3 cm³/mol. The number of halogens is 2. The molecule has 0 heterocycles. The summed E-state index contributed by atoms with van der Waals surface area (Å²) >= 11 is 10.8. The van der Waals surface area contributed by atoms with Crippen molar-refractivity contribution in [2.45, 2.75) is 11.8 Å². The van der Waals surface area contributed by atoms with Gasteiger partial charge in [-0.15, -0.1) is 11.6 Å². The van der Waals surface area contributed by atoms with Crippen molar-refractivity contribution >= 4 is 28.4 Å². The molecule has 1 rings (SSSR count). The van der Waals surface area contributed by atoms with E-state index in [1.54, 1.807) is 0 Å². The van der Waals surface area contributed by atoms with Crippen molar-refractivity contribution in [3.63, 3.8) is 0 Å². The van der Waals surface area contributed by atoms with Crippen LogP contribution in [0.3, 0.4) is 0 Å². The Morgan fingerprint density at radius 3 is 2.77 bits per heavy atom. The first kappa shape index (κ1) is 10.2. The van der Waals surface area contributed by atoms with Crippen LogP contribution in [0.2, 0.25) is 0 Å². The zero-order valence-electron chi connectivity index (χ0n) is 6.37. The molecule has 1 aliphatic rings. The SMILES string of the molecule is O=C(Cl)C1=CCC(Cl)C([N+](=O)[O-])=C1. The maximum Gasteiger partial charge on any atom is 0.265 e. The summed E-state index contributed by atoms with van der Waals surface area (Å²) in [5.74, 6) is 0. The average molecular weight is 222 g/mol. The number of nitro groups is 1. The summed E-state index contributed by atoms with van der Waals surface area (Å²) in [5.41, 5.74) is -0.0570. The molecule has 0 aromatic rings. The first-order valence-corrected chi connectivity index (χ1v) is 4.24. The molecule has 0 bridgehead atoms. The van der Waals surface area contributed by atoms with Gasteiger partial charge in [-0.25, -0.2) is 0 Å². The number of rotatable bonds is 2. The van der Waals surface area contributed by atoms with Crippen LogP contribution in [-0.4, -0.2) is 15.5 Å². The Balaban J connectivity index is 2.98. The molecule has 6 heteroatoms. The maximum atomic E-state index is 10.7. The molecule has 1 unspecified atom stereocenters. The van der Waals surface area contributed by atoms with Gasteiger partial charge in [0, 0.05) is 11.6 Å². The van der Waals surface area contributed by atoms with Gasteiger partial charge in [-0.05, 0) is 18.0 Å². The number of carbonyl (C=O) groups is 1. The van der Waals surface area contributed by atoms with Crippen molar-refractivity contribution in [3.8, 4) is 0 Å². The van der Waals surface area contributed by atoms with E-state index in [4.69, 9.17) is 23.2 Å². The summed E-state index contributed by atoms with van der Waals surface area (Å²) in [4.78, 5) is 20.5. The molecule has 0 saturated carbocycles. The number of allylic oxidation sites excluding steroid dienone is 4. The summed E-state index contributed by atoms with van der Waals surface area (Å²) in [5, 5.41) is 9.01. The molecule has 1 aliphatic carbocycles. The standard InChI is InChI=1S/C7H5Cl2NO3/c8-5-2-1-4(7(9)11)3-6(5)10(12)13/h1,3,5H,2H2. The van der Waals surface area contributed by atoms with E-state index in [-0.39, 0.29) is 17.7 Å². The first-order valence-electron chi connectivity index (χ1n) is 3.42. The van der Waals surface area contributed by atoms with Crippen LogP contribution in [0, 0.1) is 10.1 Å². The largest absolute Gasteiger partial charge is 0.276 e. The number of hydrogen-bond acceptors (Lipinski definition) is 3. The molecule has 0 fully saturated rings. The highest BCUT2D eigenvalue weighted by molar-refractivity contribution is 6.68. The molecule has 0 N–H and O–H groups in total. The molecule has 13 heavy (non-hydrogen) atoms. The van der Waals surface area contributed by atoms with Crippen LogP contribution in [0.4, 0.5) is 0 Å². The molecule has 1 atom stereocenters. The number of carbonyl (C=O) groups excluding carboxylic acids is 1. The number of nitrogens with zero attached hydrogens (tertiary/aromatic N) is 1. The van der Waals surface area contributed by atoms with Gasteiger partial charge < -0.3 is 0 Å². The Labute approximate surface area is 84.0 Å². The summed E-state index contributed by atoms with van der Waals surface area (Å²) < 4.78 is 0. The van der Waals surface area contributed by atoms with Gasteiger partial charge in [0.25, 0.3) is 10.9 Å². The fourth-order valence-electron chi connectivity index (χ4n) is 0.964. The van der Waals surface area contributed by atoms with Gasteiger partial charge in [-0.2, -0.15) is 0 Å². The highest BCUT2D eigenvalue weighted by Crippen LogP contribution is 2.24. The van der Waals surface area contributed by atoms with E-state index in [0.717, 1.165) is 6.08 Å². The van der Waals surface area contributed by atoms with Gasteiger partial charge in [0.1, 0.15) is 5.38 Å². The topological polar surface area (TPSA) is 60.2 Å². The minimum Gasteiger partial charge on any atom is -0.276 e. The monoisotopic (exact) mass is 221 g/mol. The Bertz CT molecular complexity index is 322. The summed E-state index contributed by atoms with van der Waals surface area (Å²) in [6.45, 7) is 0. The molecule has 0 aromatic carbocycles. The Kier molecular flexibility index (Phi) is 3.06. The van der Waals surface area contributed by atoms with Crippen molar-refractivity contribution in [1.82, 2.24) is 0 Å². The van der Waals surface area contributed by atoms with Crippen LogP contribution in [0.15, 0.2) is 23.4 Å². The van der Waals surface area contributed by atoms with Crippen LogP contribution >= 0.6 is 23.2 Å². The van der Waals surface area contributed by atoms with Crippen LogP contribution in [0.5, 0.6) is 0 Å². The minimum absolute atomic E-state index is 0.130. The van der Waals surface area contributed by atoms with Crippen LogP contribution < -0.4 is 0 Å². The minimum atomic E-state index is -0.706. The zero-order chi connectivity index (χ0) is 10.0. The van der Waals surface area contributed by atoms with Crippen molar-refractivity contribution in [2.75, 3.05) is 0 Å². The molecule has 0 amide bonds. The van der Waals surface area contributed by atoms with Gasteiger partial charge in [0.15, 0.2) is 0 Å². The zero-order valence-corrected chi connectivity index (χ0v) is 7.88. The van der Waals surface area contributed by atoms with E-state index < -0.39 is 15.5 Å². The van der Waals surface area contributed by atoms with Gasteiger partial charge >= 0.3 is 0 Å². The fraction of sp³-hybridized carbons (Fsp3) is 0.286. The molecule has 4 nitrogen and oxygen atoms in total. The summed E-state index contributed by atoms with van der Waals surface area (Å²) in [6, 6.07) is 0. The molecule has 0 radical (unpaired) electrons. The van der Waals surface area contributed by atoms with E-state index in [2.05, 4.69) is 0 Å². The smallest absolute Gasteiger partial charge is 0.265 e. The maximum absolute atomic E-state index is 10.7. The second-order valence-electron chi connectivity index (χ2n) is 2.46. The Hall–Kier alpha value is -0.870. The summed E-state index contributed by atoms with van der Waals surface area (Å²) in [6.07, 6.45) is 2.85. The quantitative estimate of drug-likeness (QED) is 0.310. The van der Waals surface area contributed by atoms with Gasteiger partial charge in [-0.1, -0.05) is 6.08 Å². The third-order valence-electron chi connectivity index (χ3n) is 1.61. The molecule has 0 aromatic heterocycles. The molecule has 0 spiro atoms. The average Bonchev–Trinajstić information content (AvgIpc) is 2.04. The van der Waals surface area contributed by atoms with Gasteiger partial charge in [0.05, 0.1) is 4.92 Å². The fourth-order valence-corrected chi connectivity index (χ4v) is 1.33. The molecular weight excluding hydrogens is 217 g/mol. The molecule has 70 valence electrons. The second-order valence-corrected chi connectivity index (χ2v) is 3.33. The van der Waals surface area contributed by atoms with E-state index in [1.165, 1.54) is 6.08 Å². The lowest BCUT2D eigenvalue weighted by Gasteiger charge is -2.09. The van der Waals surface area contributed by atoms with Crippen molar-refractivity contribution in [2.24, 2.45) is 0 Å².